The molecule has 0 fully saturated rings. The normalized spacial score (nSPS) is 12.7. The van der Waals surface area contributed by atoms with E-state index in [1.165, 1.54) is 7.11 Å². The number of hydrogen-bond acceptors (Lipinski definition) is 6. The van der Waals surface area contributed by atoms with Crippen molar-refractivity contribution in [3.63, 3.8) is 0 Å². The van der Waals surface area contributed by atoms with E-state index in [1.807, 2.05) is 20.8 Å². The Balaban J connectivity index is 4.36. The molecule has 124 valence electrons. The summed E-state index contributed by atoms with van der Waals surface area (Å²) in [5.41, 5.74) is -0.546. The molecular formula is C14H28N2O5. The standard InChI is InChI=1S/C14H28N2O5/c1-11(12(17)20-6)15-7-8-16(9-10-19-5)13(18)21-14(2,3)4/h11,15H,7-10H2,1-6H3. The predicted octanol–water partition coefficient (Wildman–Crippen LogP) is 1.02. The lowest BCUT2D eigenvalue weighted by molar-refractivity contribution is -0.142. The number of nitrogens with one attached hydrogen (secondary N) is 1. The predicted molar refractivity (Wildman–Crippen MR) is 79.2 cm³/mol. The molecule has 0 spiro atoms. The monoisotopic (exact) mass is 304 g/mol. The quantitative estimate of drug-likeness (QED) is 0.675. The third-order valence-electron chi connectivity index (χ3n) is 2.60. The Morgan fingerprint density at radius 1 is 1.19 bits per heavy atom. The number of methoxy groups -OCH3 is 2. The van der Waals surface area contributed by atoms with Gasteiger partial charge in [-0.25, -0.2) is 4.79 Å². The number of amides is 1. The molecule has 0 aliphatic rings. The summed E-state index contributed by atoms with van der Waals surface area (Å²) in [5, 5.41) is 2.99. The Labute approximate surface area is 126 Å². The SMILES string of the molecule is COCCN(CCNC(C)C(=O)OC)C(=O)OC(C)(C)C. The number of rotatable bonds is 8. The fourth-order valence-electron chi connectivity index (χ4n) is 1.50. The van der Waals surface area contributed by atoms with E-state index in [9.17, 15) is 9.59 Å². The summed E-state index contributed by atoms with van der Waals surface area (Å²) >= 11 is 0. The highest BCUT2D eigenvalue weighted by Gasteiger charge is 2.22. The fraction of sp³-hybridized carbons (Fsp3) is 0.857. The van der Waals surface area contributed by atoms with Gasteiger partial charge in [0, 0.05) is 26.7 Å². The zero-order valence-electron chi connectivity index (χ0n) is 13.9. The highest BCUT2D eigenvalue weighted by Crippen LogP contribution is 2.09. The summed E-state index contributed by atoms with van der Waals surface area (Å²) in [5.74, 6) is -0.337. The molecule has 7 nitrogen and oxygen atoms in total. The van der Waals surface area contributed by atoms with E-state index in [1.54, 1.807) is 18.9 Å². The highest BCUT2D eigenvalue weighted by molar-refractivity contribution is 5.75. The number of hydrogen-bond donors (Lipinski definition) is 1. The summed E-state index contributed by atoms with van der Waals surface area (Å²) in [6.07, 6.45) is -0.396. The van der Waals surface area contributed by atoms with Crippen LogP contribution >= 0.6 is 0 Å². The molecule has 1 amide bonds. The number of esters is 1. The molecule has 0 aromatic carbocycles. The van der Waals surface area contributed by atoms with Crippen molar-refractivity contribution in [2.75, 3.05) is 40.5 Å². The van der Waals surface area contributed by atoms with E-state index in [0.717, 1.165) is 0 Å². The molecule has 0 bridgehead atoms. The Bertz CT molecular complexity index is 328. The summed E-state index contributed by atoms with van der Waals surface area (Å²) in [7, 11) is 2.91. The minimum atomic E-state index is -0.546. The number of carbonyl (C=O) groups excluding carboxylic acids is 2. The van der Waals surface area contributed by atoms with Gasteiger partial charge in [0.25, 0.3) is 0 Å². The van der Waals surface area contributed by atoms with Crippen molar-refractivity contribution in [1.29, 1.82) is 0 Å². The van der Waals surface area contributed by atoms with Gasteiger partial charge in [-0.15, -0.1) is 0 Å². The second-order valence-corrected chi connectivity index (χ2v) is 5.66. The second kappa shape index (κ2) is 9.57. The van der Waals surface area contributed by atoms with Crippen LogP contribution in [0.5, 0.6) is 0 Å². The zero-order valence-corrected chi connectivity index (χ0v) is 13.9. The molecule has 0 saturated heterocycles. The van der Waals surface area contributed by atoms with Crippen molar-refractivity contribution >= 4 is 12.1 Å². The molecule has 0 rings (SSSR count). The summed E-state index contributed by atoms with van der Waals surface area (Å²) in [6, 6.07) is -0.419. The maximum atomic E-state index is 12.1. The second-order valence-electron chi connectivity index (χ2n) is 5.66. The van der Waals surface area contributed by atoms with Crippen LogP contribution in [-0.4, -0.2) is 69.1 Å². The van der Waals surface area contributed by atoms with Gasteiger partial charge in [-0.1, -0.05) is 0 Å². The zero-order chi connectivity index (χ0) is 16.5. The first-order chi connectivity index (χ1) is 9.71. The first kappa shape index (κ1) is 19.7. The average molecular weight is 304 g/mol. The Morgan fingerprint density at radius 2 is 1.81 bits per heavy atom. The molecule has 0 aromatic rings. The molecule has 0 aromatic heterocycles. The maximum Gasteiger partial charge on any atom is 0.410 e. The molecule has 0 radical (unpaired) electrons. The molecular weight excluding hydrogens is 276 g/mol. The van der Waals surface area contributed by atoms with Crippen molar-refractivity contribution in [1.82, 2.24) is 10.2 Å². The van der Waals surface area contributed by atoms with E-state index >= 15 is 0 Å². The lowest BCUT2D eigenvalue weighted by Crippen LogP contribution is -2.44. The molecule has 7 heteroatoms. The number of carbonyl (C=O) groups is 2. The van der Waals surface area contributed by atoms with Gasteiger partial charge >= 0.3 is 12.1 Å². The van der Waals surface area contributed by atoms with Gasteiger partial charge in [0.15, 0.2) is 0 Å². The number of ether oxygens (including phenoxy) is 3. The molecule has 21 heavy (non-hydrogen) atoms. The van der Waals surface area contributed by atoms with E-state index in [4.69, 9.17) is 9.47 Å². The largest absolute Gasteiger partial charge is 0.468 e. The molecule has 0 aliphatic carbocycles. The van der Waals surface area contributed by atoms with Gasteiger partial charge in [0.05, 0.1) is 13.7 Å². The highest BCUT2D eigenvalue weighted by atomic mass is 16.6. The van der Waals surface area contributed by atoms with Gasteiger partial charge in [-0.3, -0.25) is 4.79 Å². The first-order valence-corrected chi connectivity index (χ1v) is 6.99. The minimum Gasteiger partial charge on any atom is -0.468 e. The van der Waals surface area contributed by atoms with E-state index in [2.05, 4.69) is 10.1 Å². The minimum absolute atomic E-state index is 0.337. The molecule has 0 heterocycles. The van der Waals surface area contributed by atoms with E-state index in [0.29, 0.717) is 26.2 Å². The van der Waals surface area contributed by atoms with Gasteiger partial charge < -0.3 is 24.4 Å². The molecule has 1 atom stereocenters. The van der Waals surface area contributed by atoms with Crippen molar-refractivity contribution in [3.8, 4) is 0 Å². The van der Waals surface area contributed by atoms with Crippen molar-refractivity contribution in [2.24, 2.45) is 0 Å². The fourth-order valence-corrected chi connectivity index (χ4v) is 1.50. The molecule has 1 N–H and O–H groups in total. The maximum absolute atomic E-state index is 12.1. The van der Waals surface area contributed by atoms with Crippen LogP contribution in [0.25, 0.3) is 0 Å². The third kappa shape index (κ3) is 9.25. The van der Waals surface area contributed by atoms with Gasteiger partial charge in [-0.05, 0) is 27.7 Å². The van der Waals surface area contributed by atoms with Gasteiger partial charge in [-0.2, -0.15) is 0 Å². The van der Waals surface area contributed by atoms with Crippen LogP contribution in [0, 0.1) is 0 Å². The first-order valence-electron chi connectivity index (χ1n) is 6.99. The lowest BCUT2D eigenvalue weighted by atomic mass is 10.2. The molecule has 0 saturated carbocycles. The van der Waals surface area contributed by atoms with Crippen molar-refractivity contribution in [3.05, 3.63) is 0 Å². The average Bonchev–Trinajstić information content (AvgIpc) is 2.39. The van der Waals surface area contributed by atoms with E-state index < -0.39 is 17.7 Å². The number of nitrogens with zero attached hydrogens (tertiary/aromatic N) is 1. The van der Waals surface area contributed by atoms with Crippen LogP contribution in [0.1, 0.15) is 27.7 Å². The Kier molecular flexibility index (Phi) is 8.96. The van der Waals surface area contributed by atoms with Crippen molar-refractivity contribution < 1.29 is 23.8 Å². The van der Waals surface area contributed by atoms with Crippen LogP contribution in [0.2, 0.25) is 0 Å². The van der Waals surface area contributed by atoms with Crippen molar-refractivity contribution in [2.45, 2.75) is 39.3 Å². The van der Waals surface area contributed by atoms with Crippen LogP contribution in [0.4, 0.5) is 4.79 Å². The Morgan fingerprint density at radius 3 is 2.29 bits per heavy atom. The lowest BCUT2D eigenvalue weighted by Gasteiger charge is -2.27. The van der Waals surface area contributed by atoms with Gasteiger partial charge in [0.1, 0.15) is 11.6 Å². The summed E-state index contributed by atoms with van der Waals surface area (Å²) in [6.45, 7) is 8.88. The van der Waals surface area contributed by atoms with Crippen LogP contribution in [0.15, 0.2) is 0 Å². The Hall–Kier alpha value is -1.34. The summed E-state index contributed by atoms with van der Waals surface area (Å²) < 4.78 is 14.9. The van der Waals surface area contributed by atoms with Crippen LogP contribution in [0.3, 0.4) is 0 Å². The van der Waals surface area contributed by atoms with Crippen LogP contribution < -0.4 is 5.32 Å². The summed E-state index contributed by atoms with van der Waals surface area (Å²) in [4.78, 5) is 24.9. The van der Waals surface area contributed by atoms with Crippen LogP contribution in [-0.2, 0) is 19.0 Å². The van der Waals surface area contributed by atoms with E-state index in [-0.39, 0.29) is 5.97 Å². The molecule has 0 aliphatic heterocycles. The van der Waals surface area contributed by atoms with Gasteiger partial charge in [0.2, 0.25) is 0 Å². The smallest absolute Gasteiger partial charge is 0.410 e. The third-order valence-corrected chi connectivity index (χ3v) is 2.60. The topological polar surface area (TPSA) is 77.1 Å². The molecule has 1 unspecified atom stereocenters.